The highest BCUT2D eigenvalue weighted by atomic mass is 19.1. The third-order valence-electron chi connectivity index (χ3n) is 2.14. The van der Waals surface area contributed by atoms with Gasteiger partial charge in [-0.05, 0) is 24.3 Å². The second-order valence-electron chi connectivity index (χ2n) is 3.39. The maximum Gasteiger partial charge on any atom is 0.165 e. The number of aliphatic hydroxyl groups is 1. The summed E-state index contributed by atoms with van der Waals surface area (Å²) in [6, 6.07) is 6.15. The Morgan fingerprint density at radius 1 is 1.12 bits per heavy atom. The van der Waals surface area contributed by atoms with Crippen LogP contribution < -0.4 is 4.74 Å². The monoisotopic (exact) mass is 240 g/mol. The topological polar surface area (TPSA) is 42.6 Å². The third kappa shape index (κ3) is 2.82. The standard InChI is InChI=1S/C12H10F2O3/c13-8-1-4-11(14)12(5-8)16-7-10-3-2-9(6-15)17-10/h1-5,15H,6-7H2. The van der Waals surface area contributed by atoms with Crippen LogP contribution in [0.25, 0.3) is 0 Å². The molecule has 17 heavy (non-hydrogen) atoms. The molecule has 0 aliphatic heterocycles. The molecule has 1 N–H and O–H groups in total. The van der Waals surface area contributed by atoms with E-state index >= 15 is 0 Å². The second-order valence-corrected chi connectivity index (χ2v) is 3.39. The molecule has 5 heteroatoms. The van der Waals surface area contributed by atoms with E-state index in [9.17, 15) is 8.78 Å². The van der Waals surface area contributed by atoms with Crippen molar-refractivity contribution >= 4 is 0 Å². The number of hydrogen-bond donors (Lipinski definition) is 1. The van der Waals surface area contributed by atoms with Crippen LogP contribution in [-0.2, 0) is 13.2 Å². The van der Waals surface area contributed by atoms with Gasteiger partial charge in [0.05, 0.1) is 0 Å². The Hall–Kier alpha value is -1.88. The van der Waals surface area contributed by atoms with Gasteiger partial charge in [-0.15, -0.1) is 0 Å². The van der Waals surface area contributed by atoms with Gasteiger partial charge in [0.15, 0.2) is 11.6 Å². The maximum absolute atomic E-state index is 13.2. The number of furan rings is 1. The Labute approximate surface area is 96.3 Å². The molecule has 0 saturated carbocycles. The highest BCUT2D eigenvalue weighted by Gasteiger charge is 2.07. The van der Waals surface area contributed by atoms with Crippen molar-refractivity contribution in [2.75, 3.05) is 0 Å². The van der Waals surface area contributed by atoms with Crippen LogP contribution in [0.2, 0.25) is 0 Å². The Morgan fingerprint density at radius 2 is 1.88 bits per heavy atom. The van der Waals surface area contributed by atoms with Crippen molar-refractivity contribution in [2.24, 2.45) is 0 Å². The van der Waals surface area contributed by atoms with Crippen molar-refractivity contribution < 1.29 is 23.0 Å². The molecule has 90 valence electrons. The Balaban J connectivity index is 2.04. The minimum absolute atomic E-state index is 0.0274. The van der Waals surface area contributed by atoms with E-state index in [0.717, 1.165) is 18.2 Å². The molecule has 1 aromatic heterocycles. The van der Waals surface area contributed by atoms with Crippen LogP contribution in [0, 0.1) is 11.6 Å². The molecule has 0 atom stereocenters. The molecular weight excluding hydrogens is 230 g/mol. The largest absolute Gasteiger partial charge is 0.482 e. The Kier molecular flexibility index (Phi) is 3.39. The molecule has 0 unspecified atom stereocenters. The summed E-state index contributed by atoms with van der Waals surface area (Å²) in [5, 5.41) is 8.77. The molecule has 3 nitrogen and oxygen atoms in total. The number of ether oxygens (including phenoxy) is 1. The molecule has 0 saturated heterocycles. The molecule has 0 aliphatic carbocycles. The molecule has 0 amide bonds. The molecular formula is C12H10F2O3. The first-order valence-electron chi connectivity index (χ1n) is 4.95. The Bertz CT molecular complexity index is 508. The molecule has 0 bridgehead atoms. The molecule has 0 radical (unpaired) electrons. The third-order valence-corrected chi connectivity index (χ3v) is 2.14. The van der Waals surface area contributed by atoms with E-state index in [4.69, 9.17) is 14.3 Å². The lowest BCUT2D eigenvalue weighted by Gasteiger charge is -2.05. The zero-order chi connectivity index (χ0) is 12.3. The number of hydrogen-bond acceptors (Lipinski definition) is 3. The minimum Gasteiger partial charge on any atom is -0.482 e. The van der Waals surface area contributed by atoms with Gasteiger partial charge in [0.25, 0.3) is 0 Å². The summed E-state index contributed by atoms with van der Waals surface area (Å²) >= 11 is 0. The predicted octanol–water partition coefficient (Wildman–Crippen LogP) is 2.63. The average Bonchev–Trinajstić information content (AvgIpc) is 2.78. The summed E-state index contributed by atoms with van der Waals surface area (Å²) in [6.45, 7) is -0.241. The summed E-state index contributed by atoms with van der Waals surface area (Å²) in [5.41, 5.74) is 0. The molecule has 0 fully saturated rings. The SMILES string of the molecule is OCc1ccc(COc2cc(F)ccc2F)o1. The van der Waals surface area contributed by atoms with Crippen LogP contribution in [-0.4, -0.2) is 5.11 Å². The van der Waals surface area contributed by atoms with Gasteiger partial charge >= 0.3 is 0 Å². The van der Waals surface area contributed by atoms with E-state index in [1.165, 1.54) is 0 Å². The van der Waals surface area contributed by atoms with Crippen molar-refractivity contribution in [1.29, 1.82) is 0 Å². The van der Waals surface area contributed by atoms with Crippen molar-refractivity contribution in [2.45, 2.75) is 13.2 Å². The minimum atomic E-state index is -0.639. The highest BCUT2D eigenvalue weighted by Crippen LogP contribution is 2.19. The van der Waals surface area contributed by atoms with Gasteiger partial charge in [-0.2, -0.15) is 0 Å². The van der Waals surface area contributed by atoms with Crippen molar-refractivity contribution in [1.82, 2.24) is 0 Å². The highest BCUT2D eigenvalue weighted by molar-refractivity contribution is 5.25. The number of aliphatic hydroxyl groups excluding tert-OH is 1. The van der Waals surface area contributed by atoms with Gasteiger partial charge in [0.2, 0.25) is 0 Å². The Morgan fingerprint density at radius 3 is 2.59 bits per heavy atom. The van der Waals surface area contributed by atoms with Crippen LogP contribution in [0.1, 0.15) is 11.5 Å². The fraction of sp³-hybridized carbons (Fsp3) is 0.167. The maximum atomic E-state index is 13.2. The normalized spacial score (nSPS) is 10.5. The van der Waals surface area contributed by atoms with Gasteiger partial charge in [-0.1, -0.05) is 0 Å². The van der Waals surface area contributed by atoms with Crippen molar-refractivity contribution in [3.05, 3.63) is 53.5 Å². The van der Waals surface area contributed by atoms with Crippen molar-refractivity contribution in [3.63, 3.8) is 0 Å². The molecule has 1 aromatic carbocycles. The average molecular weight is 240 g/mol. The molecule has 0 spiro atoms. The van der Waals surface area contributed by atoms with Crippen LogP contribution in [0.5, 0.6) is 5.75 Å². The first-order chi connectivity index (χ1) is 8.19. The predicted molar refractivity (Wildman–Crippen MR) is 55.3 cm³/mol. The molecule has 2 rings (SSSR count). The second kappa shape index (κ2) is 4.97. The summed E-state index contributed by atoms with van der Waals surface area (Å²) < 4.78 is 36.2. The molecule has 1 heterocycles. The fourth-order valence-electron chi connectivity index (χ4n) is 1.32. The zero-order valence-electron chi connectivity index (χ0n) is 8.82. The molecule has 0 aliphatic rings. The van der Waals surface area contributed by atoms with E-state index in [2.05, 4.69) is 0 Å². The summed E-state index contributed by atoms with van der Waals surface area (Å²) in [4.78, 5) is 0. The van der Waals surface area contributed by atoms with Gasteiger partial charge in [-0.25, -0.2) is 8.78 Å². The van der Waals surface area contributed by atoms with Crippen LogP contribution >= 0.6 is 0 Å². The molecule has 2 aromatic rings. The van der Waals surface area contributed by atoms with E-state index in [0.29, 0.717) is 11.5 Å². The van der Waals surface area contributed by atoms with Gasteiger partial charge in [0, 0.05) is 6.07 Å². The summed E-state index contributed by atoms with van der Waals surface area (Å²) in [5.74, 6) is -0.565. The van der Waals surface area contributed by atoms with Gasteiger partial charge in [-0.3, -0.25) is 0 Å². The smallest absolute Gasteiger partial charge is 0.165 e. The lowest BCUT2D eigenvalue weighted by molar-refractivity contribution is 0.221. The zero-order valence-corrected chi connectivity index (χ0v) is 8.82. The van der Waals surface area contributed by atoms with E-state index in [1.54, 1.807) is 12.1 Å². The first kappa shape index (κ1) is 11.6. The lowest BCUT2D eigenvalue weighted by atomic mass is 10.3. The van der Waals surface area contributed by atoms with Crippen LogP contribution in [0.4, 0.5) is 8.78 Å². The summed E-state index contributed by atoms with van der Waals surface area (Å²) in [7, 11) is 0. The van der Waals surface area contributed by atoms with E-state index in [-0.39, 0.29) is 19.0 Å². The van der Waals surface area contributed by atoms with E-state index < -0.39 is 11.6 Å². The quantitative estimate of drug-likeness (QED) is 0.893. The van der Waals surface area contributed by atoms with E-state index in [1.807, 2.05) is 0 Å². The summed E-state index contributed by atoms with van der Waals surface area (Å²) in [6.07, 6.45) is 0. The van der Waals surface area contributed by atoms with Crippen LogP contribution in [0.15, 0.2) is 34.7 Å². The number of halogens is 2. The van der Waals surface area contributed by atoms with Crippen molar-refractivity contribution in [3.8, 4) is 5.75 Å². The van der Waals surface area contributed by atoms with Crippen LogP contribution in [0.3, 0.4) is 0 Å². The number of rotatable bonds is 4. The lowest BCUT2D eigenvalue weighted by Crippen LogP contribution is -1.96. The first-order valence-corrected chi connectivity index (χ1v) is 4.95. The fourth-order valence-corrected chi connectivity index (χ4v) is 1.32. The number of benzene rings is 1. The van der Waals surface area contributed by atoms with Gasteiger partial charge < -0.3 is 14.3 Å². The van der Waals surface area contributed by atoms with Gasteiger partial charge in [0.1, 0.15) is 30.6 Å².